The molecule has 8 heteroatoms. The van der Waals surface area contributed by atoms with Gasteiger partial charge in [0.05, 0.1) is 12.7 Å². The summed E-state index contributed by atoms with van der Waals surface area (Å²) >= 11 is 1.55. The summed E-state index contributed by atoms with van der Waals surface area (Å²) in [5.41, 5.74) is 5.57. The number of aryl methyl sites for hydroxylation is 1. The lowest BCUT2D eigenvalue weighted by molar-refractivity contribution is -0.136. The first kappa shape index (κ1) is 24.6. The highest BCUT2D eigenvalue weighted by molar-refractivity contribution is 7.98. The maximum absolute atomic E-state index is 12.8. The highest BCUT2D eigenvalue weighted by Crippen LogP contribution is 2.37. The molecule has 1 aliphatic heterocycles. The van der Waals surface area contributed by atoms with E-state index in [0.29, 0.717) is 29.0 Å². The minimum Gasteiger partial charge on any atom is -0.489 e. The van der Waals surface area contributed by atoms with Crippen molar-refractivity contribution in [3.63, 3.8) is 0 Å². The molecular weight excluding hydrogens is 484 g/mol. The van der Waals surface area contributed by atoms with Crippen molar-refractivity contribution in [2.45, 2.75) is 37.4 Å². The van der Waals surface area contributed by atoms with Gasteiger partial charge in [-0.15, -0.1) is 5.10 Å². The lowest BCUT2D eigenvalue weighted by atomic mass is 9.96. The van der Waals surface area contributed by atoms with Crippen LogP contribution in [0, 0.1) is 6.92 Å². The van der Waals surface area contributed by atoms with Gasteiger partial charge in [0.2, 0.25) is 11.1 Å². The van der Waals surface area contributed by atoms with Gasteiger partial charge in [0.15, 0.2) is 0 Å². The molecule has 1 N–H and O–H groups in total. The number of rotatable bonds is 8. The Bertz CT molecular complexity index is 1430. The fourth-order valence-electron chi connectivity index (χ4n) is 4.31. The first-order chi connectivity index (χ1) is 18.0. The van der Waals surface area contributed by atoms with Gasteiger partial charge in [-0.3, -0.25) is 0 Å². The van der Waals surface area contributed by atoms with Crippen LogP contribution in [-0.2, 0) is 21.9 Å². The summed E-state index contributed by atoms with van der Waals surface area (Å²) in [6.07, 6.45) is 0. The molecule has 2 heterocycles. The third kappa shape index (κ3) is 5.54. The van der Waals surface area contributed by atoms with E-state index in [0.717, 1.165) is 22.6 Å². The number of carbonyl (C=O) groups excluding carboxylic acids is 1. The Labute approximate surface area is 220 Å². The van der Waals surface area contributed by atoms with Gasteiger partial charge in [-0.25, -0.2) is 9.48 Å². The van der Waals surface area contributed by atoms with E-state index in [4.69, 9.17) is 19.6 Å². The highest BCUT2D eigenvalue weighted by Gasteiger charge is 2.35. The molecule has 37 heavy (non-hydrogen) atoms. The fourth-order valence-corrected chi connectivity index (χ4v) is 5.10. The summed E-state index contributed by atoms with van der Waals surface area (Å²) in [4.78, 5) is 17.5. The van der Waals surface area contributed by atoms with Gasteiger partial charge < -0.3 is 14.8 Å². The van der Waals surface area contributed by atoms with Crippen LogP contribution >= 0.6 is 11.8 Å². The number of methoxy groups -OCH3 is 1. The second-order valence-electron chi connectivity index (χ2n) is 8.84. The molecule has 0 saturated heterocycles. The van der Waals surface area contributed by atoms with Gasteiger partial charge in [0.25, 0.3) is 0 Å². The maximum atomic E-state index is 12.8. The van der Waals surface area contributed by atoms with Gasteiger partial charge >= 0.3 is 5.97 Å². The average molecular weight is 513 g/mol. The Balaban J connectivity index is 1.40. The number of hydrogen-bond acceptors (Lipinski definition) is 7. The van der Waals surface area contributed by atoms with Crippen molar-refractivity contribution in [1.29, 1.82) is 0 Å². The summed E-state index contributed by atoms with van der Waals surface area (Å²) in [7, 11) is 1.39. The van der Waals surface area contributed by atoms with Crippen LogP contribution in [0.2, 0.25) is 0 Å². The minimum atomic E-state index is -0.479. The van der Waals surface area contributed by atoms with E-state index in [1.54, 1.807) is 16.4 Å². The third-order valence-electron chi connectivity index (χ3n) is 6.13. The van der Waals surface area contributed by atoms with Gasteiger partial charge in [-0.2, -0.15) is 4.98 Å². The van der Waals surface area contributed by atoms with Crippen LogP contribution in [0.15, 0.2) is 95.3 Å². The Morgan fingerprint density at radius 3 is 2.49 bits per heavy atom. The molecule has 0 fully saturated rings. The van der Waals surface area contributed by atoms with Gasteiger partial charge in [-0.1, -0.05) is 84.1 Å². The number of fused-ring (bicyclic) bond motifs is 1. The topological polar surface area (TPSA) is 78.3 Å². The third-order valence-corrected chi connectivity index (χ3v) is 7.04. The molecule has 5 rings (SSSR count). The minimum absolute atomic E-state index is 0.408. The number of ether oxygens (including phenoxy) is 2. The van der Waals surface area contributed by atoms with E-state index in [9.17, 15) is 4.79 Å². The lowest BCUT2D eigenvalue weighted by Gasteiger charge is -2.27. The molecule has 7 nitrogen and oxygen atoms in total. The van der Waals surface area contributed by atoms with E-state index >= 15 is 0 Å². The molecule has 1 atom stereocenters. The number of carbonyl (C=O) groups is 1. The molecule has 1 aliphatic rings. The first-order valence-electron chi connectivity index (χ1n) is 12.0. The molecule has 4 aromatic rings. The zero-order valence-corrected chi connectivity index (χ0v) is 21.8. The zero-order chi connectivity index (χ0) is 25.8. The van der Waals surface area contributed by atoms with Gasteiger partial charge in [0.1, 0.15) is 18.4 Å². The van der Waals surface area contributed by atoms with E-state index in [2.05, 4.69) is 36.5 Å². The SMILES string of the molecule is COC(=O)C1=C(C)Nc2nc(SCc3ccccc3)nn2C1c1ccc(OCc2cccc(C)c2)cc1. The van der Waals surface area contributed by atoms with Crippen LogP contribution in [0.3, 0.4) is 0 Å². The molecule has 0 saturated carbocycles. The van der Waals surface area contributed by atoms with Crippen molar-refractivity contribution in [2.75, 3.05) is 12.4 Å². The average Bonchev–Trinajstić information content (AvgIpc) is 3.33. The molecule has 1 aromatic heterocycles. The van der Waals surface area contributed by atoms with E-state index in [-0.39, 0.29) is 0 Å². The molecule has 188 valence electrons. The van der Waals surface area contributed by atoms with E-state index < -0.39 is 12.0 Å². The molecule has 0 amide bonds. The number of nitrogens with one attached hydrogen (secondary N) is 1. The van der Waals surface area contributed by atoms with E-state index in [1.807, 2.05) is 61.5 Å². The number of esters is 1. The quantitative estimate of drug-likeness (QED) is 0.232. The van der Waals surface area contributed by atoms with Crippen molar-refractivity contribution in [3.05, 3.63) is 112 Å². The van der Waals surface area contributed by atoms with Crippen LogP contribution in [-0.4, -0.2) is 27.8 Å². The maximum Gasteiger partial charge on any atom is 0.338 e. The lowest BCUT2D eigenvalue weighted by Crippen LogP contribution is -2.29. The summed E-state index contributed by atoms with van der Waals surface area (Å²) < 4.78 is 12.9. The number of nitrogens with zero attached hydrogens (tertiary/aromatic N) is 3. The normalized spacial score (nSPS) is 14.6. The summed E-state index contributed by atoms with van der Waals surface area (Å²) in [5.74, 6) is 1.68. The van der Waals surface area contributed by atoms with Gasteiger partial charge in [0, 0.05) is 11.4 Å². The summed E-state index contributed by atoms with van der Waals surface area (Å²) in [5, 5.41) is 8.63. The van der Waals surface area contributed by atoms with Crippen molar-refractivity contribution >= 4 is 23.7 Å². The monoisotopic (exact) mass is 512 g/mol. The summed E-state index contributed by atoms with van der Waals surface area (Å²) in [6, 6.07) is 25.7. The Hall–Kier alpha value is -4.04. The number of anilines is 1. The van der Waals surface area contributed by atoms with Crippen LogP contribution < -0.4 is 10.1 Å². The number of benzene rings is 3. The molecule has 0 bridgehead atoms. The Morgan fingerprint density at radius 1 is 1.00 bits per heavy atom. The Kier molecular flexibility index (Phi) is 7.28. The van der Waals surface area contributed by atoms with Crippen molar-refractivity contribution in [2.24, 2.45) is 0 Å². The number of aromatic nitrogens is 3. The van der Waals surface area contributed by atoms with Crippen molar-refractivity contribution in [3.8, 4) is 5.75 Å². The molecule has 0 radical (unpaired) electrons. The van der Waals surface area contributed by atoms with E-state index in [1.165, 1.54) is 18.2 Å². The summed E-state index contributed by atoms with van der Waals surface area (Å²) in [6.45, 7) is 4.40. The predicted molar refractivity (Wildman–Crippen MR) is 144 cm³/mol. The number of thioether (sulfide) groups is 1. The second kappa shape index (κ2) is 10.9. The van der Waals surface area contributed by atoms with Crippen LogP contribution in [0.4, 0.5) is 5.95 Å². The zero-order valence-electron chi connectivity index (χ0n) is 21.0. The van der Waals surface area contributed by atoms with Crippen LogP contribution in [0.5, 0.6) is 5.75 Å². The Morgan fingerprint density at radius 2 is 1.76 bits per heavy atom. The largest absolute Gasteiger partial charge is 0.489 e. The molecule has 0 spiro atoms. The number of hydrogen-bond donors (Lipinski definition) is 1. The molecule has 3 aromatic carbocycles. The second-order valence-corrected chi connectivity index (χ2v) is 9.78. The van der Waals surface area contributed by atoms with Crippen LogP contribution in [0.25, 0.3) is 0 Å². The van der Waals surface area contributed by atoms with Gasteiger partial charge in [-0.05, 0) is 42.7 Å². The molecular formula is C29H28N4O3S. The van der Waals surface area contributed by atoms with Crippen molar-refractivity contribution < 1.29 is 14.3 Å². The van der Waals surface area contributed by atoms with Crippen molar-refractivity contribution in [1.82, 2.24) is 14.8 Å². The number of allylic oxidation sites excluding steroid dienone is 1. The first-order valence-corrected chi connectivity index (χ1v) is 13.0. The highest BCUT2D eigenvalue weighted by atomic mass is 32.2. The molecule has 0 aliphatic carbocycles. The predicted octanol–water partition coefficient (Wildman–Crippen LogP) is 5.92. The van der Waals surface area contributed by atoms with Crippen LogP contribution in [0.1, 0.15) is 35.2 Å². The smallest absolute Gasteiger partial charge is 0.338 e. The standard InChI is InChI=1S/C29H28N4O3S/c1-19-8-7-11-22(16-19)17-36-24-14-12-23(13-15-24)26-25(27(34)35-3)20(2)30-28-31-29(32-33(26)28)37-18-21-9-5-4-6-10-21/h4-16,26H,17-18H2,1-3H3,(H,30,31,32). The molecule has 1 unspecified atom stereocenters. The fraction of sp³-hybridized carbons (Fsp3) is 0.207.